The van der Waals surface area contributed by atoms with Crippen LogP contribution in [0.2, 0.25) is 0 Å². The summed E-state index contributed by atoms with van der Waals surface area (Å²) in [6, 6.07) is 9.21. The molecule has 0 aromatic heterocycles. The second-order valence-corrected chi connectivity index (χ2v) is 4.24. The van der Waals surface area contributed by atoms with Gasteiger partial charge in [-0.1, -0.05) is 12.1 Å². The van der Waals surface area contributed by atoms with Gasteiger partial charge in [-0.15, -0.1) is 0 Å². The molecule has 3 rings (SSSR count). The maximum Gasteiger partial charge on any atom is 0.123 e. The van der Waals surface area contributed by atoms with Gasteiger partial charge in [-0.05, 0) is 38.1 Å². The average molecular weight is 188 g/mol. The molecule has 0 aliphatic carbocycles. The predicted octanol–water partition coefficient (Wildman–Crippen LogP) is 1.50. The lowest BCUT2D eigenvalue weighted by molar-refractivity contribution is 0.220. The van der Waals surface area contributed by atoms with E-state index in [9.17, 15) is 0 Å². The highest BCUT2D eigenvalue weighted by Crippen LogP contribution is 2.43. The van der Waals surface area contributed by atoms with Gasteiger partial charge in [0, 0.05) is 11.0 Å². The minimum absolute atomic E-state index is 0.301. The highest BCUT2D eigenvalue weighted by atomic mass is 16.5. The SMILES string of the molecule is [c]1ccc2c(c1)OCC21CCNCC1. The number of nitrogens with one attached hydrogen (secondary N) is 1. The minimum Gasteiger partial charge on any atom is -0.492 e. The van der Waals surface area contributed by atoms with E-state index < -0.39 is 0 Å². The highest BCUT2D eigenvalue weighted by Gasteiger charge is 2.40. The fourth-order valence-corrected chi connectivity index (χ4v) is 2.59. The molecule has 2 heterocycles. The van der Waals surface area contributed by atoms with Crippen molar-refractivity contribution < 1.29 is 4.74 Å². The number of hydrogen-bond donors (Lipinski definition) is 1. The number of hydrogen-bond acceptors (Lipinski definition) is 2. The van der Waals surface area contributed by atoms with Crippen molar-refractivity contribution in [2.75, 3.05) is 19.7 Å². The van der Waals surface area contributed by atoms with E-state index in [0.29, 0.717) is 5.41 Å². The fraction of sp³-hybridized carbons (Fsp3) is 0.500. The lowest BCUT2D eigenvalue weighted by atomic mass is 9.75. The normalized spacial score (nSPS) is 23.1. The first-order chi connectivity index (χ1) is 6.91. The van der Waals surface area contributed by atoms with Crippen molar-refractivity contribution in [1.82, 2.24) is 5.32 Å². The van der Waals surface area contributed by atoms with Crippen LogP contribution in [0.3, 0.4) is 0 Å². The number of piperidine rings is 1. The molecular formula is C12H14NO. The monoisotopic (exact) mass is 188 g/mol. The van der Waals surface area contributed by atoms with Crippen LogP contribution in [0, 0.1) is 6.07 Å². The minimum atomic E-state index is 0.301. The van der Waals surface area contributed by atoms with Crippen LogP contribution < -0.4 is 10.1 Å². The third kappa shape index (κ3) is 1.07. The summed E-state index contributed by atoms with van der Waals surface area (Å²) in [5.41, 5.74) is 1.70. The van der Waals surface area contributed by atoms with Crippen LogP contribution >= 0.6 is 0 Å². The number of rotatable bonds is 0. The fourth-order valence-electron chi connectivity index (χ4n) is 2.59. The molecule has 2 aliphatic rings. The number of benzene rings is 1. The van der Waals surface area contributed by atoms with Gasteiger partial charge in [0.05, 0.1) is 6.61 Å². The summed E-state index contributed by atoms with van der Waals surface area (Å²) >= 11 is 0. The zero-order valence-electron chi connectivity index (χ0n) is 8.18. The Morgan fingerprint density at radius 1 is 1.36 bits per heavy atom. The first-order valence-corrected chi connectivity index (χ1v) is 5.25. The molecule has 1 radical (unpaired) electrons. The van der Waals surface area contributed by atoms with Crippen molar-refractivity contribution in [3.05, 3.63) is 29.8 Å². The van der Waals surface area contributed by atoms with Crippen LogP contribution in [-0.2, 0) is 5.41 Å². The van der Waals surface area contributed by atoms with E-state index in [1.54, 1.807) is 0 Å². The summed E-state index contributed by atoms with van der Waals surface area (Å²) in [5, 5.41) is 3.40. The van der Waals surface area contributed by atoms with Crippen LogP contribution in [-0.4, -0.2) is 19.7 Å². The molecule has 1 fully saturated rings. The third-order valence-electron chi connectivity index (χ3n) is 3.46. The van der Waals surface area contributed by atoms with Gasteiger partial charge >= 0.3 is 0 Å². The first kappa shape index (κ1) is 8.30. The van der Waals surface area contributed by atoms with Gasteiger partial charge in [-0.2, -0.15) is 0 Å². The Bertz CT molecular complexity index is 336. The van der Waals surface area contributed by atoms with Crippen molar-refractivity contribution in [2.45, 2.75) is 18.3 Å². The molecule has 1 N–H and O–H groups in total. The summed E-state index contributed by atoms with van der Waals surface area (Å²) in [6.45, 7) is 3.09. The summed E-state index contributed by atoms with van der Waals surface area (Å²) in [6.07, 6.45) is 2.40. The second kappa shape index (κ2) is 2.99. The summed E-state index contributed by atoms with van der Waals surface area (Å²) < 4.78 is 5.73. The van der Waals surface area contributed by atoms with Gasteiger partial charge in [-0.3, -0.25) is 0 Å². The molecule has 0 saturated carbocycles. The van der Waals surface area contributed by atoms with Gasteiger partial charge in [0.15, 0.2) is 0 Å². The zero-order valence-corrected chi connectivity index (χ0v) is 8.18. The van der Waals surface area contributed by atoms with Crippen LogP contribution in [0.1, 0.15) is 18.4 Å². The van der Waals surface area contributed by atoms with Crippen molar-refractivity contribution in [2.24, 2.45) is 0 Å². The molecule has 1 spiro atoms. The molecule has 2 heteroatoms. The molecule has 1 aromatic rings. The molecule has 0 amide bonds. The molecule has 73 valence electrons. The topological polar surface area (TPSA) is 21.3 Å². The number of ether oxygens (including phenoxy) is 1. The maximum absolute atomic E-state index is 5.73. The van der Waals surface area contributed by atoms with E-state index in [0.717, 1.165) is 25.4 Å². The quantitative estimate of drug-likeness (QED) is 0.666. The maximum atomic E-state index is 5.73. The molecule has 2 aliphatic heterocycles. The largest absolute Gasteiger partial charge is 0.492 e. The molecule has 0 unspecified atom stereocenters. The molecule has 0 bridgehead atoms. The average Bonchev–Trinajstić information content (AvgIpc) is 2.60. The molecular weight excluding hydrogens is 174 g/mol. The van der Waals surface area contributed by atoms with E-state index >= 15 is 0 Å². The van der Waals surface area contributed by atoms with Gasteiger partial charge in [0.1, 0.15) is 5.75 Å². The molecule has 1 saturated heterocycles. The van der Waals surface area contributed by atoms with Gasteiger partial charge in [0.2, 0.25) is 0 Å². The van der Waals surface area contributed by atoms with E-state index in [2.05, 4.69) is 17.4 Å². The van der Waals surface area contributed by atoms with Gasteiger partial charge in [-0.25, -0.2) is 0 Å². The standard InChI is InChI=1S/C12H14NO/c1-2-4-11-10(3-1)12(9-14-11)5-7-13-8-6-12/h1,3-4,13H,5-9H2. The van der Waals surface area contributed by atoms with Crippen LogP contribution in [0.4, 0.5) is 0 Å². The van der Waals surface area contributed by atoms with E-state index in [1.807, 2.05) is 12.1 Å². The Morgan fingerprint density at radius 2 is 2.21 bits per heavy atom. The predicted molar refractivity (Wildman–Crippen MR) is 54.6 cm³/mol. The Hall–Kier alpha value is -1.02. The van der Waals surface area contributed by atoms with Gasteiger partial charge < -0.3 is 10.1 Å². The summed E-state index contributed by atoms with van der Waals surface area (Å²) in [4.78, 5) is 0. The zero-order chi connectivity index (χ0) is 9.43. The van der Waals surface area contributed by atoms with Crippen molar-refractivity contribution in [3.8, 4) is 5.75 Å². The molecule has 0 atom stereocenters. The molecule has 14 heavy (non-hydrogen) atoms. The molecule has 2 nitrogen and oxygen atoms in total. The highest BCUT2D eigenvalue weighted by molar-refractivity contribution is 5.43. The lowest BCUT2D eigenvalue weighted by Crippen LogP contribution is -2.40. The molecule has 1 aromatic carbocycles. The smallest absolute Gasteiger partial charge is 0.123 e. The van der Waals surface area contributed by atoms with E-state index in [-0.39, 0.29) is 0 Å². The Labute approximate surface area is 84.3 Å². The third-order valence-corrected chi connectivity index (χ3v) is 3.46. The second-order valence-electron chi connectivity index (χ2n) is 4.24. The van der Waals surface area contributed by atoms with Crippen molar-refractivity contribution in [3.63, 3.8) is 0 Å². The Balaban J connectivity index is 2.03. The van der Waals surface area contributed by atoms with Crippen LogP contribution in [0.15, 0.2) is 18.2 Å². The van der Waals surface area contributed by atoms with Crippen molar-refractivity contribution >= 4 is 0 Å². The summed E-state index contributed by atoms with van der Waals surface area (Å²) in [7, 11) is 0. The van der Waals surface area contributed by atoms with Crippen molar-refractivity contribution in [1.29, 1.82) is 0 Å². The summed E-state index contributed by atoms with van der Waals surface area (Å²) in [5.74, 6) is 1.05. The number of fused-ring (bicyclic) bond motifs is 2. The lowest BCUT2D eigenvalue weighted by Gasteiger charge is -2.32. The van der Waals surface area contributed by atoms with Gasteiger partial charge in [0.25, 0.3) is 0 Å². The van der Waals surface area contributed by atoms with E-state index in [1.165, 1.54) is 18.4 Å². The van der Waals surface area contributed by atoms with Crippen LogP contribution in [0.5, 0.6) is 5.75 Å². The van der Waals surface area contributed by atoms with Crippen LogP contribution in [0.25, 0.3) is 0 Å². The Morgan fingerprint density at radius 3 is 3.07 bits per heavy atom. The van der Waals surface area contributed by atoms with E-state index in [4.69, 9.17) is 4.74 Å². The Kier molecular flexibility index (Phi) is 1.77. The first-order valence-electron chi connectivity index (χ1n) is 5.25.